The van der Waals surface area contributed by atoms with Crippen molar-refractivity contribution in [3.05, 3.63) is 12.2 Å². The van der Waals surface area contributed by atoms with E-state index in [-0.39, 0.29) is 5.60 Å². The van der Waals surface area contributed by atoms with Crippen LogP contribution in [0.4, 0.5) is 0 Å². The first-order chi connectivity index (χ1) is 8.81. The second-order valence-corrected chi connectivity index (χ2v) is 5.58. The second kappa shape index (κ2) is 4.97. The summed E-state index contributed by atoms with van der Waals surface area (Å²) in [6.45, 7) is 1.27. The Morgan fingerprint density at radius 2 is 2.22 bits per heavy atom. The molecule has 2 N–H and O–H groups in total. The third kappa shape index (κ3) is 2.29. The minimum absolute atomic E-state index is 0.121. The van der Waals surface area contributed by atoms with Gasteiger partial charge >= 0.3 is 0 Å². The molecule has 18 heavy (non-hydrogen) atoms. The van der Waals surface area contributed by atoms with Crippen molar-refractivity contribution in [2.24, 2.45) is 5.73 Å². The number of hydrogen-bond donors (Lipinski definition) is 1. The highest BCUT2D eigenvalue weighted by molar-refractivity contribution is 4.92. The SMILES string of the molecule is NCc1ncn(C2CCOC3(CCCCC3)C2)n1. The molecule has 1 aromatic heterocycles. The maximum atomic E-state index is 6.11. The zero-order chi connectivity index (χ0) is 12.4. The van der Waals surface area contributed by atoms with Gasteiger partial charge in [0.25, 0.3) is 0 Å². The summed E-state index contributed by atoms with van der Waals surface area (Å²) < 4.78 is 8.11. The van der Waals surface area contributed by atoms with Gasteiger partial charge in [0.1, 0.15) is 6.33 Å². The van der Waals surface area contributed by atoms with Gasteiger partial charge in [0.05, 0.1) is 18.2 Å². The van der Waals surface area contributed by atoms with Crippen LogP contribution in [-0.2, 0) is 11.3 Å². The van der Waals surface area contributed by atoms with E-state index in [2.05, 4.69) is 10.1 Å². The Morgan fingerprint density at radius 3 is 2.94 bits per heavy atom. The van der Waals surface area contributed by atoms with Gasteiger partial charge in [0.15, 0.2) is 5.82 Å². The molecule has 1 unspecified atom stereocenters. The molecule has 0 aromatic carbocycles. The minimum atomic E-state index is 0.121. The van der Waals surface area contributed by atoms with E-state index in [1.807, 2.05) is 11.0 Å². The molecular formula is C13H22N4O. The lowest BCUT2D eigenvalue weighted by atomic mass is 9.78. The average Bonchev–Trinajstić information content (AvgIpc) is 2.88. The highest BCUT2D eigenvalue weighted by Crippen LogP contribution is 2.41. The van der Waals surface area contributed by atoms with Gasteiger partial charge in [0, 0.05) is 6.61 Å². The molecule has 0 bridgehead atoms. The van der Waals surface area contributed by atoms with Crippen LogP contribution >= 0.6 is 0 Å². The van der Waals surface area contributed by atoms with Crippen LogP contribution in [0.25, 0.3) is 0 Å². The monoisotopic (exact) mass is 250 g/mol. The molecule has 1 atom stereocenters. The van der Waals surface area contributed by atoms with Gasteiger partial charge in [0.2, 0.25) is 0 Å². The summed E-state index contributed by atoms with van der Waals surface area (Å²) >= 11 is 0. The number of hydrogen-bond acceptors (Lipinski definition) is 4. The molecule has 1 saturated carbocycles. The molecule has 1 aliphatic carbocycles. The molecule has 1 saturated heterocycles. The summed E-state index contributed by atoms with van der Waals surface area (Å²) in [5.41, 5.74) is 5.69. The predicted molar refractivity (Wildman–Crippen MR) is 68.0 cm³/mol. The molecule has 2 fully saturated rings. The van der Waals surface area contributed by atoms with Crippen molar-refractivity contribution >= 4 is 0 Å². The van der Waals surface area contributed by atoms with Crippen LogP contribution in [0.15, 0.2) is 6.33 Å². The standard InChI is InChI=1S/C13H22N4O/c14-9-12-15-10-17(16-12)11-4-7-18-13(8-11)5-2-1-3-6-13/h10-11H,1-9,14H2. The lowest BCUT2D eigenvalue weighted by Crippen LogP contribution is -2.42. The van der Waals surface area contributed by atoms with Gasteiger partial charge in [-0.1, -0.05) is 19.3 Å². The van der Waals surface area contributed by atoms with E-state index in [1.54, 1.807) is 0 Å². The Kier molecular flexibility index (Phi) is 3.35. The molecule has 1 aliphatic heterocycles. The largest absolute Gasteiger partial charge is 0.375 e. The topological polar surface area (TPSA) is 66.0 Å². The van der Waals surface area contributed by atoms with Crippen LogP contribution in [0.2, 0.25) is 0 Å². The summed E-state index contributed by atoms with van der Waals surface area (Å²) in [5, 5.41) is 4.46. The zero-order valence-electron chi connectivity index (χ0n) is 10.8. The van der Waals surface area contributed by atoms with E-state index < -0.39 is 0 Å². The van der Waals surface area contributed by atoms with Gasteiger partial charge in [-0.05, 0) is 25.7 Å². The van der Waals surface area contributed by atoms with Crippen LogP contribution in [0, 0.1) is 0 Å². The molecule has 3 rings (SSSR count). The Bertz CT molecular complexity index is 392. The zero-order valence-corrected chi connectivity index (χ0v) is 10.8. The smallest absolute Gasteiger partial charge is 0.164 e. The summed E-state index contributed by atoms with van der Waals surface area (Å²) in [7, 11) is 0. The molecule has 5 nitrogen and oxygen atoms in total. The van der Waals surface area contributed by atoms with E-state index >= 15 is 0 Å². The molecule has 100 valence electrons. The van der Waals surface area contributed by atoms with Crippen molar-refractivity contribution in [2.45, 2.75) is 63.1 Å². The molecular weight excluding hydrogens is 228 g/mol. The van der Waals surface area contributed by atoms with Crippen molar-refractivity contribution in [3.63, 3.8) is 0 Å². The van der Waals surface area contributed by atoms with Crippen LogP contribution in [0.5, 0.6) is 0 Å². The van der Waals surface area contributed by atoms with Gasteiger partial charge in [-0.25, -0.2) is 9.67 Å². The second-order valence-electron chi connectivity index (χ2n) is 5.58. The van der Waals surface area contributed by atoms with Crippen molar-refractivity contribution < 1.29 is 4.74 Å². The maximum absolute atomic E-state index is 6.11. The van der Waals surface area contributed by atoms with E-state index in [0.717, 1.165) is 25.3 Å². The summed E-state index contributed by atoms with van der Waals surface area (Å²) in [6.07, 6.45) is 10.3. The fraction of sp³-hybridized carbons (Fsp3) is 0.846. The first kappa shape index (κ1) is 12.1. The molecule has 0 amide bonds. The number of nitrogens with zero attached hydrogens (tertiary/aromatic N) is 3. The fourth-order valence-electron chi connectivity index (χ4n) is 3.35. The lowest BCUT2D eigenvalue weighted by Gasteiger charge is -2.43. The van der Waals surface area contributed by atoms with Crippen LogP contribution in [0.1, 0.15) is 56.8 Å². The third-order valence-electron chi connectivity index (χ3n) is 4.34. The van der Waals surface area contributed by atoms with Crippen molar-refractivity contribution in [1.82, 2.24) is 14.8 Å². The Morgan fingerprint density at radius 1 is 1.39 bits per heavy atom. The van der Waals surface area contributed by atoms with Gasteiger partial charge in [-0.15, -0.1) is 0 Å². The summed E-state index contributed by atoms with van der Waals surface area (Å²) in [4.78, 5) is 4.23. The number of nitrogens with two attached hydrogens (primary N) is 1. The fourth-order valence-corrected chi connectivity index (χ4v) is 3.35. The Hall–Kier alpha value is -0.940. The highest BCUT2D eigenvalue weighted by Gasteiger charge is 2.39. The normalized spacial score (nSPS) is 27.5. The van der Waals surface area contributed by atoms with Gasteiger partial charge in [-0.3, -0.25) is 0 Å². The van der Waals surface area contributed by atoms with Crippen molar-refractivity contribution in [1.29, 1.82) is 0 Å². The number of ether oxygens (including phenoxy) is 1. The molecule has 2 aliphatic rings. The number of aromatic nitrogens is 3. The molecule has 0 radical (unpaired) electrons. The quantitative estimate of drug-likeness (QED) is 0.869. The molecule has 1 spiro atoms. The molecule has 2 heterocycles. The minimum Gasteiger partial charge on any atom is -0.375 e. The van der Waals surface area contributed by atoms with Crippen LogP contribution in [-0.4, -0.2) is 27.0 Å². The predicted octanol–water partition coefficient (Wildman–Crippen LogP) is 1.79. The first-order valence-corrected chi connectivity index (χ1v) is 7.05. The third-order valence-corrected chi connectivity index (χ3v) is 4.34. The summed E-state index contributed by atoms with van der Waals surface area (Å²) in [5.74, 6) is 0.735. The highest BCUT2D eigenvalue weighted by atomic mass is 16.5. The average molecular weight is 250 g/mol. The van der Waals surface area contributed by atoms with E-state index in [0.29, 0.717) is 12.6 Å². The number of rotatable bonds is 2. The maximum Gasteiger partial charge on any atom is 0.164 e. The van der Waals surface area contributed by atoms with E-state index in [9.17, 15) is 0 Å². The first-order valence-electron chi connectivity index (χ1n) is 7.05. The molecule has 5 heteroatoms. The van der Waals surface area contributed by atoms with E-state index in [1.165, 1.54) is 32.1 Å². The van der Waals surface area contributed by atoms with Crippen molar-refractivity contribution in [3.8, 4) is 0 Å². The Labute approximate surface area is 108 Å². The Balaban J connectivity index is 1.73. The lowest BCUT2D eigenvalue weighted by molar-refractivity contribution is -0.115. The summed E-state index contributed by atoms with van der Waals surface area (Å²) in [6, 6.07) is 0.435. The van der Waals surface area contributed by atoms with Crippen LogP contribution < -0.4 is 5.73 Å². The van der Waals surface area contributed by atoms with Crippen LogP contribution in [0.3, 0.4) is 0 Å². The van der Waals surface area contributed by atoms with E-state index in [4.69, 9.17) is 10.5 Å². The van der Waals surface area contributed by atoms with Crippen molar-refractivity contribution in [2.75, 3.05) is 6.61 Å². The van der Waals surface area contributed by atoms with Gasteiger partial charge in [-0.2, -0.15) is 5.10 Å². The molecule has 1 aromatic rings. The van der Waals surface area contributed by atoms with Gasteiger partial charge < -0.3 is 10.5 Å².